The van der Waals surface area contributed by atoms with Crippen LogP contribution in [-0.4, -0.2) is 29.3 Å². The Balaban J connectivity index is 1.33. The van der Waals surface area contributed by atoms with E-state index in [9.17, 15) is 9.59 Å². The summed E-state index contributed by atoms with van der Waals surface area (Å²) in [5.74, 6) is -0.252. The number of carbonyl (C=O) groups excluding carboxylic acids is 2. The molecule has 0 saturated heterocycles. The van der Waals surface area contributed by atoms with Gasteiger partial charge in [-0.15, -0.1) is 0 Å². The molecule has 4 rings (SSSR count). The zero-order chi connectivity index (χ0) is 18.9. The van der Waals surface area contributed by atoms with Crippen LogP contribution in [-0.2, 0) is 9.53 Å². The highest BCUT2D eigenvalue weighted by atomic mass is 16.7. The van der Waals surface area contributed by atoms with Crippen molar-refractivity contribution in [3.8, 4) is 11.5 Å². The molecular weight excluding hydrogens is 348 g/mol. The van der Waals surface area contributed by atoms with Gasteiger partial charge in [-0.3, -0.25) is 9.78 Å². The van der Waals surface area contributed by atoms with Crippen molar-refractivity contribution in [3.63, 3.8) is 0 Å². The van der Waals surface area contributed by atoms with Crippen LogP contribution in [0.2, 0.25) is 0 Å². The van der Waals surface area contributed by atoms with Crippen LogP contribution in [0, 0.1) is 6.92 Å². The number of pyridine rings is 1. The monoisotopic (exact) mass is 368 g/mol. The zero-order valence-corrected chi connectivity index (χ0v) is 15.0. The Bertz CT molecular complexity index is 872. The van der Waals surface area contributed by atoms with E-state index < -0.39 is 17.7 Å². The van der Waals surface area contributed by atoms with E-state index in [0.29, 0.717) is 22.7 Å². The Kier molecular flexibility index (Phi) is 4.43. The second kappa shape index (κ2) is 6.90. The topological polar surface area (TPSA) is 86.8 Å². The van der Waals surface area contributed by atoms with Crippen molar-refractivity contribution < 1.29 is 23.8 Å². The highest BCUT2D eigenvalue weighted by Gasteiger charge is 2.44. The maximum atomic E-state index is 12.1. The number of fused-ring (bicyclic) bond motifs is 1. The summed E-state index contributed by atoms with van der Waals surface area (Å²) in [6.07, 6.45) is 5.32. The molecule has 0 radical (unpaired) electrons. The average Bonchev–Trinajstić information content (AvgIpc) is 3.26. The van der Waals surface area contributed by atoms with Gasteiger partial charge in [-0.1, -0.05) is 0 Å². The maximum absolute atomic E-state index is 12.1. The van der Waals surface area contributed by atoms with Crippen LogP contribution in [0.25, 0.3) is 0 Å². The smallest absolute Gasteiger partial charge is 0.340 e. The van der Waals surface area contributed by atoms with Gasteiger partial charge in [0, 0.05) is 36.5 Å². The number of rotatable bonds is 4. The second-order valence-corrected chi connectivity index (χ2v) is 6.80. The van der Waals surface area contributed by atoms with Crippen molar-refractivity contribution in [2.24, 2.45) is 0 Å². The molecule has 1 saturated carbocycles. The predicted octanol–water partition coefficient (Wildman–Crippen LogP) is 3.23. The molecule has 2 heterocycles. The van der Waals surface area contributed by atoms with E-state index in [1.807, 2.05) is 6.92 Å². The molecule has 2 aliphatic rings. The molecule has 1 aromatic heterocycles. The van der Waals surface area contributed by atoms with Crippen LogP contribution in [0.15, 0.2) is 36.5 Å². The molecule has 2 aromatic rings. The number of esters is 1. The summed E-state index contributed by atoms with van der Waals surface area (Å²) in [6, 6.07) is 8.56. The Morgan fingerprint density at radius 2 is 1.93 bits per heavy atom. The maximum Gasteiger partial charge on any atom is 0.340 e. The first-order chi connectivity index (χ1) is 13.0. The van der Waals surface area contributed by atoms with Gasteiger partial charge in [-0.05, 0) is 44.0 Å². The largest absolute Gasteiger partial charge is 0.452 e. The van der Waals surface area contributed by atoms with E-state index in [0.717, 1.165) is 31.4 Å². The molecule has 1 aromatic carbocycles. The van der Waals surface area contributed by atoms with E-state index in [-0.39, 0.29) is 6.61 Å². The summed E-state index contributed by atoms with van der Waals surface area (Å²) < 4.78 is 16.9. The van der Waals surface area contributed by atoms with Crippen molar-refractivity contribution in [1.82, 2.24) is 4.98 Å². The van der Waals surface area contributed by atoms with Crippen LogP contribution in [0.3, 0.4) is 0 Å². The molecule has 27 heavy (non-hydrogen) atoms. The van der Waals surface area contributed by atoms with E-state index in [4.69, 9.17) is 14.2 Å². The summed E-state index contributed by atoms with van der Waals surface area (Å²) in [5.41, 5.74) is 1.66. The predicted molar refractivity (Wildman–Crippen MR) is 96.8 cm³/mol. The van der Waals surface area contributed by atoms with Crippen molar-refractivity contribution in [1.29, 1.82) is 0 Å². The Morgan fingerprint density at radius 1 is 1.15 bits per heavy atom. The minimum atomic E-state index is -0.591. The molecule has 1 fully saturated rings. The lowest BCUT2D eigenvalue weighted by atomic mass is 10.2. The number of nitrogens with one attached hydrogen (secondary N) is 1. The van der Waals surface area contributed by atoms with E-state index >= 15 is 0 Å². The summed E-state index contributed by atoms with van der Waals surface area (Å²) in [7, 11) is 0. The van der Waals surface area contributed by atoms with Gasteiger partial charge in [0.15, 0.2) is 18.1 Å². The number of anilines is 1. The second-order valence-electron chi connectivity index (χ2n) is 6.80. The fourth-order valence-electron chi connectivity index (χ4n) is 3.29. The number of amides is 1. The van der Waals surface area contributed by atoms with E-state index in [1.165, 1.54) is 6.20 Å². The first-order valence-corrected chi connectivity index (χ1v) is 8.95. The van der Waals surface area contributed by atoms with Crippen molar-refractivity contribution in [2.45, 2.75) is 38.4 Å². The normalized spacial score (nSPS) is 16.3. The fourth-order valence-corrected chi connectivity index (χ4v) is 3.29. The summed E-state index contributed by atoms with van der Waals surface area (Å²) >= 11 is 0. The van der Waals surface area contributed by atoms with Gasteiger partial charge in [0.1, 0.15) is 0 Å². The number of hydrogen-bond acceptors (Lipinski definition) is 6. The van der Waals surface area contributed by atoms with Gasteiger partial charge in [0.2, 0.25) is 0 Å². The zero-order valence-electron chi connectivity index (χ0n) is 15.0. The van der Waals surface area contributed by atoms with Gasteiger partial charge in [-0.25, -0.2) is 4.79 Å². The van der Waals surface area contributed by atoms with E-state index in [1.54, 1.807) is 30.3 Å². The Hall–Kier alpha value is -3.09. The SMILES string of the molecule is Cc1ccc(C(=O)OCC(=O)Nc2ccc3c(c2)OC2(CCCC2)O3)cn1. The lowest BCUT2D eigenvalue weighted by Crippen LogP contribution is -2.34. The van der Waals surface area contributed by atoms with Crippen LogP contribution < -0.4 is 14.8 Å². The minimum absolute atomic E-state index is 0.304. The number of benzene rings is 1. The molecule has 1 spiro atoms. The van der Waals surface area contributed by atoms with Crippen LogP contribution in [0.1, 0.15) is 41.7 Å². The highest BCUT2D eigenvalue weighted by Crippen LogP contribution is 2.47. The summed E-state index contributed by atoms with van der Waals surface area (Å²) in [5, 5.41) is 2.70. The van der Waals surface area contributed by atoms with Crippen molar-refractivity contribution >= 4 is 17.6 Å². The van der Waals surface area contributed by atoms with Crippen molar-refractivity contribution in [2.75, 3.05) is 11.9 Å². The van der Waals surface area contributed by atoms with Crippen LogP contribution in [0.4, 0.5) is 5.69 Å². The molecule has 1 amide bonds. The van der Waals surface area contributed by atoms with Gasteiger partial charge >= 0.3 is 5.97 Å². The number of aromatic nitrogens is 1. The molecule has 7 nitrogen and oxygen atoms in total. The van der Waals surface area contributed by atoms with Gasteiger partial charge < -0.3 is 19.5 Å². The quantitative estimate of drug-likeness (QED) is 0.834. The third kappa shape index (κ3) is 3.72. The molecule has 0 unspecified atom stereocenters. The summed E-state index contributed by atoms with van der Waals surface area (Å²) in [4.78, 5) is 28.0. The molecule has 1 aliphatic heterocycles. The highest BCUT2D eigenvalue weighted by molar-refractivity contribution is 5.95. The molecule has 1 N–H and O–H groups in total. The molecule has 1 aliphatic carbocycles. The molecule has 0 bridgehead atoms. The number of nitrogens with zero attached hydrogens (tertiary/aromatic N) is 1. The number of carbonyl (C=O) groups is 2. The minimum Gasteiger partial charge on any atom is -0.452 e. The first-order valence-electron chi connectivity index (χ1n) is 8.95. The van der Waals surface area contributed by atoms with Crippen LogP contribution in [0.5, 0.6) is 11.5 Å². The average molecular weight is 368 g/mol. The van der Waals surface area contributed by atoms with Gasteiger partial charge in [0.05, 0.1) is 5.56 Å². The molecule has 0 atom stereocenters. The first kappa shape index (κ1) is 17.3. The van der Waals surface area contributed by atoms with Gasteiger partial charge in [-0.2, -0.15) is 0 Å². The lowest BCUT2D eigenvalue weighted by molar-refractivity contribution is -0.119. The number of hydrogen-bond donors (Lipinski definition) is 1. The van der Waals surface area contributed by atoms with E-state index in [2.05, 4.69) is 10.3 Å². The summed E-state index contributed by atoms with van der Waals surface area (Å²) in [6.45, 7) is 1.44. The lowest BCUT2D eigenvalue weighted by Gasteiger charge is -2.21. The van der Waals surface area contributed by atoms with Crippen LogP contribution >= 0.6 is 0 Å². The molecule has 7 heteroatoms. The number of ether oxygens (including phenoxy) is 3. The van der Waals surface area contributed by atoms with Crippen molar-refractivity contribution in [3.05, 3.63) is 47.8 Å². The third-order valence-corrected chi connectivity index (χ3v) is 4.67. The standard InChI is InChI=1S/C20H20N2O5/c1-13-4-5-14(11-21-13)19(24)25-12-18(23)22-15-6-7-16-17(10-15)27-20(26-16)8-2-3-9-20/h4-7,10-11H,2-3,8-9,12H2,1H3,(H,22,23). The Labute approximate surface area is 156 Å². The number of aryl methyl sites for hydroxylation is 1. The third-order valence-electron chi connectivity index (χ3n) is 4.67. The molecular formula is C20H20N2O5. The van der Waals surface area contributed by atoms with Gasteiger partial charge in [0.25, 0.3) is 11.7 Å². The fraction of sp³-hybridized carbons (Fsp3) is 0.350. The molecule has 140 valence electrons. The Morgan fingerprint density at radius 3 is 2.67 bits per heavy atom.